The third kappa shape index (κ3) is 4.04. The molecule has 7 nitrogen and oxygen atoms in total. The van der Waals surface area contributed by atoms with Crippen LogP contribution in [0.2, 0.25) is 0 Å². The maximum absolute atomic E-state index is 12.8. The van der Waals surface area contributed by atoms with Crippen molar-refractivity contribution in [2.45, 2.75) is 19.9 Å². The van der Waals surface area contributed by atoms with E-state index in [1.54, 1.807) is 6.20 Å². The maximum atomic E-state index is 12.8. The Morgan fingerprint density at radius 2 is 1.96 bits per heavy atom. The third-order valence-electron chi connectivity index (χ3n) is 5.06. The van der Waals surface area contributed by atoms with E-state index in [1.807, 2.05) is 54.0 Å². The van der Waals surface area contributed by atoms with E-state index in [2.05, 4.69) is 21.9 Å². The molecule has 2 aromatic heterocycles. The first-order valence-electron chi connectivity index (χ1n) is 9.08. The second kappa shape index (κ2) is 7.86. The average molecular weight is 356 g/mol. The summed E-state index contributed by atoms with van der Waals surface area (Å²) in [5.74, 6) is 0.928. The molecule has 0 bridgehead atoms. The van der Waals surface area contributed by atoms with Crippen molar-refractivity contribution in [3.63, 3.8) is 0 Å². The standard InChI is InChI=1S/C19H28N6O/c1-15-17(13-21-23(15)4)14-24-8-5-9-25(11-10-24)19(26)16-6-7-18(20-12-16)22(2)3/h6-7,12-13H,5,8-11,14H2,1-4H3. The minimum absolute atomic E-state index is 0.0715. The number of amides is 1. The van der Waals surface area contributed by atoms with Gasteiger partial charge in [0.25, 0.3) is 5.91 Å². The third-order valence-corrected chi connectivity index (χ3v) is 5.06. The minimum Gasteiger partial charge on any atom is -0.363 e. The summed E-state index contributed by atoms with van der Waals surface area (Å²) in [5, 5.41) is 4.32. The van der Waals surface area contributed by atoms with Crippen LogP contribution in [0, 0.1) is 6.92 Å². The molecule has 2 aromatic rings. The number of aryl methyl sites for hydroxylation is 1. The van der Waals surface area contributed by atoms with E-state index in [1.165, 1.54) is 11.3 Å². The van der Waals surface area contributed by atoms with Crippen molar-refractivity contribution in [2.24, 2.45) is 7.05 Å². The summed E-state index contributed by atoms with van der Waals surface area (Å²) in [4.78, 5) is 23.4. The van der Waals surface area contributed by atoms with Crippen molar-refractivity contribution in [1.82, 2.24) is 24.6 Å². The first-order valence-corrected chi connectivity index (χ1v) is 9.08. The number of anilines is 1. The number of aromatic nitrogens is 3. The van der Waals surface area contributed by atoms with Gasteiger partial charge in [0.1, 0.15) is 5.82 Å². The summed E-state index contributed by atoms with van der Waals surface area (Å²) in [6.07, 6.45) is 4.61. The van der Waals surface area contributed by atoms with Crippen LogP contribution in [0.4, 0.5) is 5.82 Å². The summed E-state index contributed by atoms with van der Waals surface area (Å²) >= 11 is 0. The number of carbonyl (C=O) groups excluding carboxylic acids is 1. The molecule has 1 amide bonds. The largest absolute Gasteiger partial charge is 0.363 e. The molecule has 140 valence electrons. The van der Waals surface area contributed by atoms with Crippen molar-refractivity contribution in [3.05, 3.63) is 41.3 Å². The van der Waals surface area contributed by atoms with Crippen LogP contribution in [0.3, 0.4) is 0 Å². The molecule has 1 aliphatic rings. The van der Waals surface area contributed by atoms with Crippen LogP contribution < -0.4 is 4.90 Å². The quantitative estimate of drug-likeness (QED) is 0.832. The first-order chi connectivity index (χ1) is 12.5. The maximum Gasteiger partial charge on any atom is 0.255 e. The molecule has 0 spiro atoms. The van der Waals surface area contributed by atoms with Crippen molar-refractivity contribution < 1.29 is 4.79 Å². The molecule has 3 heterocycles. The molecule has 1 fully saturated rings. The van der Waals surface area contributed by atoms with Gasteiger partial charge < -0.3 is 9.80 Å². The van der Waals surface area contributed by atoms with Gasteiger partial charge in [-0.2, -0.15) is 5.10 Å². The predicted molar refractivity (Wildman–Crippen MR) is 102 cm³/mol. The molecular formula is C19H28N6O. The smallest absolute Gasteiger partial charge is 0.255 e. The fourth-order valence-corrected chi connectivity index (χ4v) is 3.23. The van der Waals surface area contributed by atoms with Gasteiger partial charge in [-0.3, -0.25) is 14.4 Å². The molecule has 0 unspecified atom stereocenters. The lowest BCUT2D eigenvalue weighted by Crippen LogP contribution is -2.35. The van der Waals surface area contributed by atoms with Crippen molar-refractivity contribution in [2.75, 3.05) is 45.2 Å². The zero-order valence-corrected chi connectivity index (χ0v) is 16.1. The van der Waals surface area contributed by atoms with Gasteiger partial charge in [0.05, 0.1) is 11.8 Å². The van der Waals surface area contributed by atoms with E-state index in [-0.39, 0.29) is 5.91 Å². The highest BCUT2D eigenvalue weighted by molar-refractivity contribution is 5.94. The number of hydrogen-bond acceptors (Lipinski definition) is 5. The summed E-state index contributed by atoms with van der Waals surface area (Å²) in [7, 11) is 5.85. The normalized spacial score (nSPS) is 15.8. The molecule has 1 aliphatic heterocycles. The van der Waals surface area contributed by atoms with E-state index in [9.17, 15) is 4.79 Å². The molecule has 0 aromatic carbocycles. The van der Waals surface area contributed by atoms with Crippen LogP contribution in [0.25, 0.3) is 0 Å². The molecule has 26 heavy (non-hydrogen) atoms. The van der Waals surface area contributed by atoms with E-state index in [0.717, 1.165) is 45.0 Å². The fourth-order valence-electron chi connectivity index (χ4n) is 3.23. The number of pyridine rings is 1. The van der Waals surface area contributed by atoms with Gasteiger partial charge in [0.2, 0.25) is 0 Å². The Balaban J connectivity index is 1.60. The molecule has 0 radical (unpaired) electrons. The van der Waals surface area contributed by atoms with Crippen LogP contribution in [0.5, 0.6) is 0 Å². The van der Waals surface area contributed by atoms with Gasteiger partial charge in [-0.25, -0.2) is 4.98 Å². The Bertz CT molecular complexity index is 752. The van der Waals surface area contributed by atoms with E-state index >= 15 is 0 Å². The Morgan fingerprint density at radius 1 is 1.15 bits per heavy atom. The van der Waals surface area contributed by atoms with Crippen LogP contribution in [-0.2, 0) is 13.6 Å². The Hall–Kier alpha value is -2.41. The second-order valence-electron chi connectivity index (χ2n) is 7.10. The van der Waals surface area contributed by atoms with Gasteiger partial charge >= 0.3 is 0 Å². The number of carbonyl (C=O) groups is 1. The highest BCUT2D eigenvalue weighted by Gasteiger charge is 2.21. The molecule has 0 aliphatic carbocycles. The van der Waals surface area contributed by atoms with Crippen LogP contribution in [0.1, 0.15) is 28.0 Å². The minimum atomic E-state index is 0.0715. The Morgan fingerprint density at radius 3 is 2.58 bits per heavy atom. The summed E-state index contributed by atoms with van der Waals surface area (Å²) in [6.45, 7) is 6.39. The van der Waals surface area contributed by atoms with Crippen molar-refractivity contribution in [3.8, 4) is 0 Å². The van der Waals surface area contributed by atoms with Gasteiger partial charge in [-0.1, -0.05) is 0 Å². The lowest BCUT2D eigenvalue weighted by atomic mass is 10.2. The highest BCUT2D eigenvalue weighted by atomic mass is 16.2. The molecular weight excluding hydrogens is 328 g/mol. The Kier molecular flexibility index (Phi) is 5.56. The molecule has 0 N–H and O–H groups in total. The molecule has 1 saturated heterocycles. The highest BCUT2D eigenvalue weighted by Crippen LogP contribution is 2.15. The Labute approximate surface area is 155 Å². The molecule has 7 heteroatoms. The monoisotopic (exact) mass is 356 g/mol. The lowest BCUT2D eigenvalue weighted by Gasteiger charge is -2.22. The lowest BCUT2D eigenvalue weighted by molar-refractivity contribution is 0.0760. The van der Waals surface area contributed by atoms with E-state index in [0.29, 0.717) is 5.56 Å². The molecule has 3 rings (SSSR count). The van der Waals surface area contributed by atoms with Gasteiger partial charge in [-0.15, -0.1) is 0 Å². The van der Waals surface area contributed by atoms with E-state index in [4.69, 9.17) is 0 Å². The zero-order chi connectivity index (χ0) is 18.7. The summed E-state index contributed by atoms with van der Waals surface area (Å²) in [5.41, 5.74) is 3.12. The summed E-state index contributed by atoms with van der Waals surface area (Å²) < 4.78 is 1.91. The molecule has 0 saturated carbocycles. The first kappa shape index (κ1) is 18.4. The van der Waals surface area contributed by atoms with Crippen molar-refractivity contribution in [1.29, 1.82) is 0 Å². The number of rotatable bonds is 4. The van der Waals surface area contributed by atoms with Crippen molar-refractivity contribution >= 4 is 11.7 Å². The van der Waals surface area contributed by atoms with Crippen LogP contribution >= 0.6 is 0 Å². The van der Waals surface area contributed by atoms with Crippen LogP contribution in [-0.4, -0.2) is 70.7 Å². The zero-order valence-electron chi connectivity index (χ0n) is 16.1. The fraction of sp³-hybridized carbons (Fsp3) is 0.526. The average Bonchev–Trinajstić information content (AvgIpc) is 2.84. The predicted octanol–water partition coefficient (Wildman–Crippen LogP) is 1.54. The van der Waals surface area contributed by atoms with Gasteiger partial charge in [0.15, 0.2) is 0 Å². The number of nitrogens with zero attached hydrogens (tertiary/aromatic N) is 6. The summed E-state index contributed by atoms with van der Waals surface area (Å²) in [6, 6.07) is 3.76. The molecule has 0 atom stereocenters. The SMILES string of the molecule is Cc1c(CN2CCCN(C(=O)c3ccc(N(C)C)nc3)CC2)cnn1C. The topological polar surface area (TPSA) is 57.5 Å². The number of hydrogen-bond donors (Lipinski definition) is 0. The van der Waals surface area contributed by atoms with Gasteiger partial charge in [-0.05, 0) is 25.5 Å². The van der Waals surface area contributed by atoms with Crippen LogP contribution in [0.15, 0.2) is 24.5 Å². The van der Waals surface area contributed by atoms with E-state index < -0.39 is 0 Å². The van der Waals surface area contributed by atoms with Gasteiger partial charge in [0, 0.05) is 71.3 Å². The second-order valence-corrected chi connectivity index (χ2v) is 7.10.